The number of hydrogen-bond acceptors (Lipinski definition) is 2. The van der Waals surface area contributed by atoms with Gasteiger partial charge < -0.3 is 5.32 Å². The maximum atomic E-state index is 3.64. The van der Waals surface area contributed by atoms with E-state index in [1.807, 2.05) is 11.3 Å². The first-order valence-corrected chi connectivity index (χ1v) is 9.01. The van der Waals surface area contributed by atoms with E-state index in [2.05, 4.69) is 52.6 Å². The van der Waals surface area contributed by atoms with Crippen LogP contribution in [0.15, 0.2) is 21.5 Å². The largest absolute Gasteiger partial charge is 0.311 e. The Hall–Kier alpha value is -0.120. The minimum atomic E-state index is 0.554. The zero-order valence-corrected chi connectivity index (χ0v) is 14.3. The van der Waals surface area contributed by atoms with Crippen molar-refractivity contribution >= 4 is 33.3 Å². The maximum absolute atomic E-state index is 3.64. The van der Waals surface area contributed by atoms with Crippen molar-refractivity contribution in [1.82, 2.24) is 5.32 Å². The van der Waals surface area contributed by atoms with Crippen LogP contribution in [-0.2, 0) is 0 Å². The molecule has 0 bridgehead atoms. The molecule has 1 aliphatic carbocycles. The molecule has 0 saturated heterocycles. The molecule has 1 saturated carbocycles. The summed E-state index contributed by atoms with van der Waals surface area (Å²) in [5.41, 5.74) is 1.59. The predicted molar refractivity (Wildman–Crippen MR) is 89.7 cm³/mol. The van der Waals surface area contributed by atoms with Gasteiger partial charge in [0.15, 0.2) is 0 Å². The number of hydrogen-bond donors (Lipinski definition) is 1. The van der Waals surface area contributed by atoms with Gasteiger partial charge in [-0.3, -0.25) is 0 Å². The molecule has 3 heteroatoms. The van der Waals surface area contributed by atoms with Crippen LogP contribution >= 0.6 is 27.3 Å². The van der Waals surface area contributed by atoms with Crippen molar-refractivity contribution in [2.24, 2.45) is 5.92 Å². The van der Waals surface area contributed by atoms with E-state index >= 15 is 0 Å². The lowest BCUT2D eigenvalue weighted by molar-refractivity contribution is 0.394. The van der Waals surface area contributed by atoms with Gasteiger partial charge in [0.2, 0.25) is 0 Å². The van der Waals surface area contributed by atoms with Crippen molar-refractivity contribution in [2.45, 2.75) is 52.0 Å². The highest BCUT2D eigenvalue weighted by Crippen LogP contribution is 2.33. The summed E-state index contributed by atoms with van der Waals surface area (Å²) in [4.78, 5) is 1.37. The Kier molecular flexibility index (Phi) is 6.11. The van der Waals surface area contributed by atoms with Crippen LogP contribution in [0.25, 0.3) is 6.08 Å². The first kappa shape index (κ1) is 15.3. The molecule has 0 radical (unpaired) electrons. The molecule has 0 aliphatic heterocycles. The first-order valence-electron chi connectivity index (χ1n) is 7.33. The Labute approximate surface area is 129 Å². The van der Waals surface area contributed by atoms with Gasteiger partial charge in [0.25, 0.3) is 0 Å². The van der Waals surface area contributed by atoms with Crippen molar-refractivity contribution in [2.75, 3.05) is 6.54 Å². The smallest absolute Gasteiger partial charge is 0.0412 e. The highest BCUT2D eigenvalue weighted by Gasteiger charge is 2.18. The summed E-state index contributed by atoms with van der Waals surface area (Å²) in [5.74, 6) is 0.786. The quantitative estimate of drug-likeness (QED) is 0.748. The van der Waals surface area contributed by atoms with Crippen molar-refractivity contribution in [3.05, 3.63) is 26.4 Å². The number of nitrogens with one attached hydrogen (secondary N) is 1. The van der Waals surface area contributed by atoms with E-state index in [1.54, 1.807) is 5.57 Å². The third-order valence-electron chi connectivity index (χ3n) is 3.81. The average Bonchev–Trinajstić information content (AvgIpc) is 2.81. The Morgan fingerprint density at radius 3 is 2.74 bits per heavy atom. The molecular weight excluding hydrogens is 318 g/mol. The van der Waals surface area contributed by atoms with E-state index in [9.17, 15) is 0 Å². The van der Waals surface area contributed by atoms with Gasteiger partial charge in [-0.25, -0.2) is 0 Å². The molecule has 0 spiro atoms. The second-order valence-electron chi connectivity index (χ2n) is 5.72. The second kappa shape index (κ2) is 7.61. The van der Waals surface area contributed by atoms with Crippen LogP contribution in [0.4, 0.5) is 0 Å². The molecule has 2 rings (SSSR count). The van der Waals surface area contributed by atoms with E-state index in [0.717, 1.165) is 12.5 Å². The molecule has 1 aliphatic rings. The molecule has 1 fully saturated rings. The van der Waals surface area contributed by atoms with Crippen molar-refractivity contribution in [3.8, 4) is 0 Å². The summed E-state index contributed by atoms with van der Waals surface area (Å²) >= 11 is 5.47. The molecule has 0 aromatic carbocycles. The van der Waals surface area contributed by atoms with Gasteiger partial charge in [0, 0.05) is 21.9 Å². The monoisotopic (exact) mass is 341 g/mol. The van der Waals surface area contributed by atoms with Gasteiger partial charge in [-0.2, -0.15) is 0 Å². The van der Waals surface area contributed by atoms with Crippen LogP contribution in [0.5, 0.6) is 0 Å². The zero-order valence-electron chi connectivity index (χ0n) is 11.9. The van der Waals surface area contributed by atoms with E-state index < -0.39 is 0 Å². The Balaban J connectivity index is 2.12. The summed E-state index contributed by atoms with van der Waals surface area (Å²) in [6.07, 6.45) is 9.37. The molecule has 0 amide bonds. The van der Waals surface area contributed by atoms with E-state index in [0.29, 0.717) is 6.04 Å². The molecule has 106 valence electrons. The zero-order chi connectivity index (χ0) is 13.7. The Morgan fingerprint density at radius 1 is 1.42 bits per heavy atom. The third-order valence-corrected chi connectivity index (χ3v) is 5.62. The van der Waals surface area contributed by atoms with Gasteiger partial charge in [0.05, 0.1) is 0 Å². The van der Waals surface area contributed by atoms with Crippen molar-refractivity contribution in [1.29, 1.82) is 0 Å². The molecule has 1 nitrogen and oxygen atoms in total. The average molecular weight is 342 g/mol. The SMILES string of the molecule is CC(C)NC/C(=C/c1sccc1Br)C1CCCCC1. The number of thiophene rings is 1. The molecular formula is C16H24BrNS. The van der Waals surface area contributed by atoms with Crippen molar-refractivity contribution < 1.29 is 0 Å². The molecule has 1 aromatic heterocycles. The van der Waals surface area contributed by atoms with Crippen LogP contribution in [0.1, 0.15) is 50.8 Å². The molecule has 0 atom stereocenters. The van der Waals surface area contributed by atoms with Gasteiger partial charge in [-0.1, -0.05) is 38.7 Å². The molecule has 1 N–H and O–H groups in total. The fraction of sp³-hybridized carbons (Fsp3) is 0.625. The van der Waals surface area contributed by atoms with Crippen LogP contribution in [0, 0.1) is 5.92 Å². The van der Waals surface area contributed by atoms with Gasteiger partial charge in [0.1, 0.15) is 0 Å². The molecule has 1 heterocycles. The van der Waals surface area contributed by atoms with Crippen LogP contribution in [0.3, 0.4) is 0 Å². The van der Waals surface area contributed by atoms with E-state index in [1.165, 1.54) is 41.5 Å². The summed E-state index contributed by atoms with van der Waals surface area (Å²) in [6, 6.07) is 2.70. The van der Waals surface area contributed by atoms with Crippen LogP contribution in [0.2, 0.25) is 0 Å². The lowest BCUT2D eigenvalue weighted by atomic mass is 9.83. The Bertz CT molecular complexity index is 416. The summed E-state index contributed by atoms with van der Waals surface area (Å²) in [6.45, 7) is 5.48. The molecule has 19 heavy (non-hydrogen) atoms. The standard InChI is InChI=1S/C16H24BrNS/c1-12(2)18-11-14(13-6-4-3-5-7-13)10-16-15(17)8-9-19-16/h8-10,12-13,18H,3-7,11H2,1-2H3/b14-10-. The second-order valence-corrected chi connectivity index (χ2v) is 7.52. The number of halogens is 1. The fourth-order valence-corrected chi connectivity index (χ4v) is 4.14. The van der Waals surface area contributed by atoms with Gasteiger partial charge in [-0.05, 0) is 52.2 Å². The normalized spacial score (nSPS) is 18.2. The predicted octanol–water partition coefficient (Wildman–Crippen LogP) is 5.47. The third kappa shape index (κ3) is 4.73. The van der Waals surface area contributed by atoms with Gasteiger partial charge in [-0.15, -0.1) is 11.3 Å². The topological polar surface area (TPSA) is 12.0 Å². The maximum Gasteiger partial charge on any atom is 0.0412 e. The number of rotatable bonds is 5. The fourth-order valence-electron chi connectivity index (χ4n) is 2.69. The van der Waals surface area contributed by atoms with E-state index in [-0.39, 0.29) is 0 Å². The summed E-state index contributed by atoms with van der Waals surface area (Å²) in [5, 5.41) is 5.75. The first-order chi connectivity index (χ1) is 9.16. The van der Waals surface area contributed by atoms with Crippen molar-refractivity contribution in [3.63, 3.8) is 0 Å². The van der Waals surface area contributed by atoms with E-state index in [4.69, 9.17) is 0 Å². The Morgan fingerprint density at radius 2 is 2.16 bits per heavy atom. The minimum Gasteiger partial charge on any atom is -0.311 e. The molecule has 1 aromatic rings. The highest BCUT2D eigenvalue weighted by atomic mass is 79.9. The lowest BCUT2D eigenvalue weighted by Crippen LogP contribution is -2.27. The van der Waals surface area contributed by atoms with Crippen LogP contribution < -0.4 is 5.32 Å². The van der Waals surface area contributed by atoms with Gasteiger partial charge >= 0.3 is 0 Å². The summed E-state index contributed by atoms with van der Waals surface area (Å²) < 4.78 is 1.23. The molecule has 0 unspecified atom stereocenters. The van der Waals surface area contributed by atoms with Crippen LogP contribution in [-0.4, -0.2) is 12.6 Å². The highest BCUT2D eigenvalue weighted by molar-refractivity contribution is 9.10. The lowest BCUT2D eigenvalue weighted by Gasteiger charge is -2.25. The summed E-state index contributed by atoms with van der Waals surface area (Å²) in [7, 11) is 0. The minimum absolute atomic E-state index is 0.554.